The van der Waals surface area contributed by atoms with E-state index < -0.39 is 11.8 Å². The number of nitrogens with zero attached hydrogens (tertiary/aromatic N) is 4. The number of carboxylic acid groups (broad SMARTS) is 1. The minimum absolute atomic E-state index is 0.00681. The van der Waals surface area contributed by atoms with E-state index in [1.165, 1.54) is 24.5 Å². The van der Waals surface area contributed by atoms with Crippen LogP contribution < -0.4 is 0 Å². The molecular weight excluding hydrogens is 323 g/mol. The SMILES string of the molecule is Cn1cnnc1-c1cc(F)ccc1-c1cc(C(=O)O)nc(C2CC2)c1. The third kappa shape index (κ3) is 2.88. The zero-order chi connectivity index (χ0) is 17.6. The Morgan fingerprint density at radius 1 is 1.24 bits per heavy atom. The zero-order valence-electron chi connectivity index (χ0n) is 13.5. The molecule has 0 bridgehead atoms. The van der Waals surface area contributed by atoms with E-state index in [9.17, 15) is 14.3 Å². The van der Waals surface area contributed by atoms with Gasteiger partial charge in [-0.2, -0.15) is 0 Å². The number of hydrogen-bond acceptors (Lipinski definition) is 4. The predicted octanol–water partition coefficient (Wildman–Crippen LogP) is 3.26. The summed E-state index contributed by atoms with van der Waals surface area (Å²) >= 11 is 0. The highest BCUT2D eigenvalue weighted by Gasteiger charge is 2.27. The molecule has 1 N–H and O–H groups in total. The van der Waals surface area contributed by atoms with E-state index in [-0.39, 0.29) is 5.69 Å². The number of carboxylic acids is 1. The van der Waals surface area contributed by atoms with Gasteiger partial charge < -0.3 is 9.67 Å². The number of pyridine rings is 1. The average Bonchev–Trinajstić information content (AvgIpc) is 3.36. The summed E-state index contributed by atoms with van der Waals surface area (Å²) in [5, 5.41) is 17.3. The molecule has 2 aromatic heterocycles. The Morgan fingerprint density at radius 3 is 2.68 bits per heavy atom. The molecule has 1 aliphatic carbocycles. The van der Waals surface area contributed by atoms with Crippen molar-refractivity contribution in [2.24, 2.45) is 7.05 Å². The smallest absolute Gasteiger partial charge is 0.354 e. The Balaban J connectivity index is 1.93. The summed E-state index contributed by atoms with van der Waals surface area (Å²) in [6, 6.07) is 7.78. The van der Waals surface area contributed by atoms with Crippen molar-refractivity contribution in [3.8, 4) is 22.5 Å². The summed E-state index contributed by atoms with van der Waals surface area (Å²) < 4.78 is 15.5. The third-order valence-electron chi connectivity index (χ3n) is 4.30. The van der Waals surface area contributed by atoms with E-state index in [2.05, 4.69) is 15.2 Å². The molecule has 0 saturated heterocycles. The maximum atomic E-state index is 13.8. The minimum Gasteiger partial charge on any atom is -0.477 e. The van der Waals surface area contributed by atoms with Crippen molar-refractivity contribution in [3.63, 3.8) is 0 Å². The normalized spacial score (nSPS) is 13.8. The molecule has 126 valence electrons. The molecule has 0 atom stereocenters. The van der Waals surface area contributed by atoms with Crippen molar-refractivity contribution < 1.29 is 14.3 Å². The minimum atomic E-state index is -1.08. The Kier molecular flexibility index (Phi) is 3.56. The molecule has 3 aromatic rings. The predicted molar refractivity (Wildman–Crippen MR) is 88.6 cm³/mol. The van der Waals surface area contributed by atoms with Crippen LogP contribution in [-0.4, -0.2) is 30.8 Å². The van der Waals surface area contributed by atoms with Crippen molar-refractivity contribution >= 4 is 5.97 Å². The molecule has 1 saturated carbocycles. The summed E-state index contributed by atoms with van der Waals surface area (Å²) in [6.45, 7) is 0. The number of aromatic carboxylic acids is 1. The van der Waals surface area contributed by atoms with Crippen molar-refractivity contribution in [2.45, 2.75) is 18.8 Å². The first-order valence-corrected chi connectivity index (χ1v) is 7.92. The molecule has 4 rings (SSSR count). The fourth-order valence-electron chi connectivity index (χ4n) is 2.89. The van der Waals surface area contributed by atoms with Crippen LogP contribution in [0.25, 0.3) is 22.5 Å². The molecule has 0 spiro atoms. The molecular formula is C18H15FN4O2. The largest absolute Gasteiger partial charge is 0.477 e. The van der Waals surface area contributed by atoms with Gasteiger partial charge in [0.15, 0.2) is 5.82 Å². The van der Waals surface area contributed by atoms with Crippen molar-refractivity contribution in [3.05, 3.63) is 53.9 Å². The monoisotopic (exact) mass is 338 g/mol. The van der Waals surface area contributed by atoms with Crippen LogP contribution in [0.5, 0.6) is 0 Å². The molecule has 1 aliphatic rings. The van der Waals surface area contributed by atoms with Crippen LogP contribution in [0.1, 0.15) is 34.9 Å². The molecule has 25 heavy (non-hydrogen) atoms. The number of hydrogen-bond donors (Lipinski definition) is 1. The molecule has 2 heterocycles. The molecule has 0 amide bonds. The number of halogens is 1. The first-order chi connectivity index (χ1) is 12.0. The number of aryl methyl sites for hydroxylation is 1. The quantitative estimate of drug-likeness (QED) is 0.790. The fraction of sp³-hybridized carbons (Fsp3) is 0.222. The maximum absolute atomic E-state index is 13.8. The summed E-state index contributed by atoms with van der Waals surface area (Å²) in [4.78, 5) is 15.7. The number of aromatic nitrogens is 4. The van der Waals surface area contributed by atoms with E-state index >= 15 is 0 Å². The van der Waals surface area contributed by atoms with Crippen LogP contribution in [0.15, 0.2) is 36.7 Å². The topological polar surface area (TPSA) is 80.9 Å². The first kappa shape index (κ1) is 15.4. The van der Waals surface area contributed by atoms with Crippen LogP contribution in [0.3, 0.4) is 0 Å². The Hall–Kier alpha value is -3.09. The summed E-state index contributed by atoms with van der Waals surface area (Å²) in [7, 11) is 1.77. The van der Waals surface area contributed by atoms with Gasteiger partial charge in [-0.15, -0.1) is 10.2 Å². The van der Waals surface area contributed by atoms with Gasteiger partial charge in [-0.1, -0.05) is 6.07 Å². The van der Waals surface area contributed by atoms with Gasteiger partial charge in [0.1, 0.15) is 17.8 Å². The highest BCUT2D eigenvalue weighted by Crippen LogP contribution is 2.41. The molecule has 1 aromatic carbocycles. The van der Waals surface area contributed by atoms with Crippen LogP contribution in [0.2, 0.25) is 0 Å². The number of carbonyl (C=O) groups is 1. The van der Waals surface area contributed by atoms with Crippen LogP contribution in [0.4, 0.5) is 4.39 Å². The van der Waals surface area contributed by atoms with Gasteiger partial charge in [0.05, 0.1) is 0 Å². The second-order valence-corrected chi connectivity index (χ2v) is 6.20. The van der Waals surface area contributed by atoms with E-state index in [1.807, 2.05) is 6.07 Å². The fourth-order valence-corrected chi connectivity index (χ4v) is 2.89. The van der Waals surface area contributed by atoms with Crippen LogP contribution >= 0.6 is 0 Å². The zero-order valence-corrected chi connectivity index (χ0v) is 13.5. The number of rotatable bonds is 4. The van der Waals surface area contributed by atoms with Gasteiger partial charge in [0, 0.05) is 24.2 Å². The first-order valence-electron chi connectivity index (χ1n) is 7.92. The lowest BCUT2D eigenvalue weighted by Crippen LogP contribution is -2.04. The van der Waals surface area contributed by atoms with Gasteiger partial charge >= 0.3 is 5.97 Å². The van der Waals surface area contributed by atoms with Crippen molar-refractivity contribution in [2.75, 3.05) is 0 Å². The van der Waals surface area contributed by atoms with Gasteiger partial charge in [0.25, 0.3) is 0 Å². The lowest BCUT2D eigenvalue weighted by Gasteiger charge is -2.12. The van der Waals surface area contributed by atoms with Crippen LogP contribution in [-0.2, 0) is 7.05 Å². The van der Waals surface area contributed by atoms with Crippen molar-refractivity contribution in [1.82, 2.24) is 19.7 Å². The summed E-state index contributed by atoms with van der Waals surface area (Å²) in [6.07, 6.45) is 3.55. The van der Waals surface area contributed by atoms with Gasteiger partial charge in [0.2, 0.25) is 0 Å². The molecule has 0 aliphatic heterocycles. The van der Waals surface area contributed by atoms with E-state index in [0.29, 0.717) is 28.4 Å². The second-order valence-electron chi connectivity index (χ2n) is 6.20. The Bertz CT molecular complexity index is 979. The number of benzene rings is 1. The molecule has 0 unspecified atom stereocenters. The van der Waals surface area contributed by atoms with Gasteiger partial charge in [-0.05, 0) is 48.2 Å². The molecule has 7 heteroatoms. The van der Waals surface area contributed by atoms with E-state index in [1.54, 1.807) is 17.7 Å². The summed E-state index contributed by atoms with van der Waals surface area (Å²) in [5.41, 5.74) is 2.71. The van der Waals surface area contributed by atoms with Crippen molar-refractivity contribution in [1.29, 1.82) is 0 Å². The summed E-state index contributed by atoms with van der Waals surface area (Å²) in [5.74, 6) is -0.657. The lowest BCUT2D eigenvalue weighted by atomic mass is 9.97. The van der Waals surface area contributed by atoms with E-state index in [4.69, 9.17) is 0 Å². The molecule has 0 radical (unpaired) electrons. The highest BCUT2D eigenvalue weighted by atomic mass is 19.1. The lowest BCUT2D eigenvalue weighted by molar-refractivity contribution is 0.0690. The maximum Gasteiger partial charge on any atom is 0.354 e. The Morgan fingerprint density at radius 2 is 2.04 bits per heavy atom. The van der Waals surface area contributed by atoms with Gasteiger partial charge in [-0.25, -0.2) is 14.2 Å². The van der Waals surface area contributed by atoms with Gasteiger partial charge in [-0.3, -0.25) is 0 Å². The molecule has 6 nitrogen and oxygen atoms in total. The standard InChI is InChI=1S/C18H15FN4O2/c1-23-9-20-22-17(23)14-8-12(19)4-5-13(14)11-6-15(10-2-3-10)21-16(7-11)18(24)25/h4-10H,2-3H2,1H3,(H,24,25). The Labute approximate surface area is 143 Å². The molecule has 1 fully saturated rings. The highest BCUT2D eigenvalue weighted by molar-refractivity contribution is 5.89. The second kappa shape index (κ2) is 5.77. The van der Waals surface area contributed by atoms with Crippen LogP contribution in [0, 0.1) is 5.82 Å². The third-order valence-corrected chi connectivity index (χ3v) is 4.30. The van der Waals surface area contributed by atoms with E-state index in [0.717, 1.165) is 18.5 Å². The average molecular weight is 338 g/mol.